The molecule has 0 aliphatic carbocycles. The molecule has 2 N–H and O–H groups in total. The number of aliphatic hydroxyl groups is 1. The Bertz CT molecular complexity index is 409. The topological polar surface area (TPSA) is 41.5 Å². The van der Waals surface area contributed by atoms with E-state index < -0.39 is 5.60 Å². The number of benzene rings is 1. The molecule has 0 amide bonds. The summed E-state index contributed by atoms with van der Waals surface area (Å²) in [6.07, 6.45) is 0.322. The SMILES string of the molecule is CC1(O)CCNCC1Oc1cccc(Cl)c1Cl. The van der Waals surface area contributed by atoms with Gasteiger partial charge < -0.3 is 15.2 Å². The molecule has 1 aliphatic heterocycles. The van der Waals surface area contributed by atoms with Gasteiger partial charge in [0.05, 0.1) is 5.02 Å². The van der Waals surface area contributed by atoms with Crippen LogP contribution in [0.1, 0.15) is 13.3 Å². The summed E-state index contributed by atoms with van der Waals surface area (Å²) in [6.45, 7) is 3.16. The first-order valence-electron chi connectivity index (χ1n) is 5.54. The number of hydrogen-bond acceptors (Lipinski definition) is 3. The van der Waals surface area contributed by atoms with Crippen LogP contribution in [-0.2, 0) is 0 Å². The summed E-state index contributed by atoms with van der Waals surface area (Å²) in [5.74, 6) is 0.508. The zero-order chi connectivity index (χ0) is 12.5. The molecule has 0 spiro atoms. The van der Waals surface area contributed by atoms with E-state index in [0.29, 0.717) is 28.8 Å². The molecule has 1 saturated heterocycles. The van der Waals surface area contributed by atoms with Crippen LogP contribution in [0.3, 0.4) is 0 Å². The summed E-state index contributed by atoms with van der Waals surface area (Å²) >= 11 is 12.0. The fraction of sp³-hybridized carbons (Fsp3) is 0.500. The lowest BCUT2D eigenvalue weighted by atomic mass is 9.92. The molecule has 5 heteroatoms. The van der Waals surface area contributed by atoms with Crippen molar-refractivity contribution in [2.24, 2.45) is 0 Å². The van der Waals surface area contributed by atoms with Gasteiger partial charge >= 0.3 is 0 Å². The molecule has 1 aromatic rings. The van der Waals surface area contributed by atoms with Crippen LogP contribution in [0.4, 0.5) is 0 Å². The molecule has 1 aromatic carbocycles. The molecular formula is C12H15Cl2NO2. The Kier molecular flexibility index (Phi) is 3.83. The Morgan fingerprint density at radius 2 is 2.24 bits per heavy atom. The van der Waals surface area contributed by atoms with Crippen LogP contribution in [-0.4, -0.2) is 29.9 Å². The molecule has 1 fully saturated rings. The molecule has 2 unspecified atom stereocenters. The number of nitrogens with one attached hydrogen (secondary N) is 1. The van der Waals surface area contributed by atoms with Gasteiger partial charge in [-0.2, -0.15) is 0 Å². The van der Waals surface area contributed by atoms with Gasteiger partial charge in [0.25, 0.3) is 0 Å². The van der Waals surface area contributed by atoms with E-state index in [4.69, 9.17) is 27.9 Å². The van der Waals surface area contributed by atoms with Crippen molar-refractivity contribution >= 4 is 23.2 Å². The van der Waals surface area contributed by atoms with E-state index in [9.17, 15) is 5.11 Å². The highest BCUT2D eigenvalue weighted by atomic mass is 35.5. The maximum atomic E-state index is 10.2. The monoisotopic (exact) mass is 275 g/mol. The third kappa shape index (κ3) is 2.86. The van der Waals surface area contributed by atoms with Crippen molar-refractivity contribution in [3.05, 3.63) is 28.2 Å². The van der Waals surface area contributed by atoms with Crippen LogP contribution >= 0.6 is 23.2 Å². The highest BCUT2D eigenvalue weighted by molar-refractivity contribution is 6.42. The standard InChI is InChI=1S/C12H15Cl2NO2/c1-12(16)5-6-15-7-10(12)17-9-4-2-3-8(13)11(9)14/h2-4,10,15-16H,5-7H2,1H3. The first-order valence-corrected chi connectivity index (χ1v) is 6.30. The van der Waals surface area contributed by atoms with E-state index >= 15 is 0 Å². The van der Waals surface area contributed by atoms with Crippen molar-refractivity contribution in [2.75, 3.05) is 13.1 Å². The van der Waals surface area contributed by atoms with Crippen LogP contribution in [0.25, 0.3) is 0 Å². The second kappa shape index (κ2) is 5.02. The lowest BCUT2D eigenvalue weighted by molar-refractivity contribution is -0.0657. The Balaban J connectivity index is 2.17. The molecule has 94 valence electrons. The van der Waals surface area contributed by atoms with Crippen molar-refractivity contribution in [3.63, 3.8) is 0 Å². The zero-order valence-corrected chi connectivity index (χ0v) is 11.1. The normalized spacial score (nSPS) is 29.1. The molecule has 2 rings (SSSR count). The van der Waals surface area contributed by atoms with E-state index in [1.165, 1.54) is 0 Å². The van der Waals surface area contributed by atoms with Crippen LogP contribution < -0.4 is 10.1 Å². The maximum Gasteiger partial charge on any atom is 0.140 e. The third-order valence-corrected chi connectivity index (χ3v) is 3.82. The van der Waals surface area contributed by atoms with E-state index in [2.05, 4.69) is 5.32 Å². The van der Waals surface area contributed by atoms with Gasteiger partial charge in [-0.15, -0.1) is 0 Å². The molecule has 1 aliphatic rings. The average Bonchev–Trinajstić information content (AvgIpc) is 2.27. The average molecular weight is 276 g/mol. The molecule has 0 aromatic heterocycles. The van der Waals surface area contributed by atoms with Gasteiger partial charge in [0.15, 0.2) is 0 Å². The molecule has 2 atom stereocenters. The fourth-order valence-corrected chi connectivity index (χ4v) is 2.19. The second-order valence-corrected chi connectivity index (χ2v) is 5.25. The van der Waals surface area contributed by atoms with Gasteiger partial charge in [0.1, 0.15) is 22.5 Å². The minimum atomic E-state index is -0.850. The minimum absolute atomic E-state index is 0.327. The smallest absolute Gasteiger partial charge is 0.140 e. The van der Waals surface area contributed by atoms with Crippen LogP contribution in [0.15, 0.2) is 18.2 Å². The highest BCUT2D eigenvalue weighted by Crippen LogP contribution is 2.34. The molecular weight excluding hydrogens is 261 g/mol. The first kappa shape index (κ1) is 13.0. The molecule has 1 heterocycles. The van der Waals surface area contributed by atoms with E-state index in [-0.39, 0.29) is 6.10 Å². The highest BCUT2D eigenvalue weighted by Gasteiger charge is 2.36. The molecule has 0 radical (unpaired) electrons. The van der Waals surface area contributed by atoms with Crippen LogP contribution in [0, 0.1) is 0 Å². The van der Waals surface area contributed by atoms with E-state index in [1.807, 2.05) is 0 Å². The number of rotatable bonds is 2. The quantitative estimate of drug-likeness (QED) is 0.872. The number of piperidine rings is 1. The van der Waals surface area contributed by atoms with Crippen LogP contribution in [0.5, 0.6) is 5.75 Å². The van der Waals surface area contributed by atoms with Crippen molar-refractivity contribution in [1.82, 2.24) is 5.32 Å². The summed E-state index contributed by atoms with van der Waals surface area (Å²) in [4.78, 5) is 0. The Labute approximate surface area is 111 Å². The van der Waals surface area contributed by atoms with Crippen molar-refractivity contribution in [3.8, 4) is 5.75 Å². The van der Waals surface area contributed by atoms with Crippen molar-refractivity contribution in [1.29, 1.82) is 0 Å². The fourth-order valence-electron chi connectivity index (χ4n) is 1.85. The van der Waals surface area contributed by atoms with Crippen LogP contribution in [0.2, 0.25) is 10.0 Å². The molecule has 3 nitrogen and oxygen atoms in total. The van der Waals surface area contributed by atoms with E-state index in [1.54, 1.807) is 25.1 Å². The lowest BCUT2D eigenvalue weighted by Gasteiger charge is -2.37. The summed E-state index contributed by atoms with van der Waals surface area (Å²) in [5, 5.41) is 14.2. The predicted octanol–water partition coefficient (Wildman–Crippen LogP) is 2.49. The van der Waals surface area contributed by atoms with Gasteiger partial charge in [0.2, 0.25) is 0 Å². The number of ether oxygens (including phenoxy) is 1. The van der Waals surface area contributed by atoms with Gasteiger partial charge in [-0.1, -0.05) is 29.3 Å². The third-order valence-electron chi connectivity index (χ3n) is 3.02. The summed E-state index contributed by atoms with van der Waals surface area (Å²) in [5.41, 5.74) is -0.850. The van der Waals surface area contributed by atoms with Crippen molar-refractivity contribution in [2.45, 2.75) is 25.0 Å². The van der Waals surface area contributed by atoms with Crippen molar-refractivity contribution < 1.29 is 9.84 Å². The number of halogens is 2. The Hall–Kier alpha value is -0.480. The molecule has 0 bridgehead atoms. The Morgan fingerprint density at radius 3 is 2.94 bits per heavy atom. The maximum absolute atomic E-state index is 10.2. The summed E-state index contributed by atoms with van der Waals surface area (Å²) in [7, 11) is 0. The predicted molar refractivity (Wildman–Crippen MR) is 69.0 cm³/mol. The molecule has 0 saturated carbocycles. The second-order valence-electron chi connectivity index (χ2n) is 4.47. The summed E-state index contributed by atoms with van der Waals surface area (Å²) in [6, 6.07) is 5.22. The van der Waals surface area contributed by atoms with Gasteiger partial charge in [0, 0.05) is 6.54 Å². The largest absolute Gasteiger partial charge is 0.484 e. The number of hydrogen-bond donors (Lipinski definition) is 2. The first-order chi connectivity index (χ1) is 8.00. The minimum Gasteiger partial charge on any atom is -0.484 e. The zero-order valence-electron chi connectivity index (χ0n) is 9.54. The van der Waals surface area contributed by atoms with Gasteiger partial charge in [-0.3, -0.25) is 0 Å². The Morgan fingerprint density at radius 1 is 1.47 bits per heavy atom. The van der Waals surface area contributed by atoms with E-state index in [0.717, 1.165) is 6.54 Å². The molecule has 17 heavy (non-hydrogen) atoms. The summed E-state index contributed by atoms with van der Waals surface area (Å²) < 4.78 is 5.75. The lowest BCUT2D eigenvalue weighted by Crippen LogP contribution is -2.55. The van der Waals surface area contributed by atoms with Gasteiger partial charge in [-0.05, 0) is 32.0 Å². The van der Waals surface area contributed by atoms with Gasteiger partial charge in [-0.25, -0.2) is 0 Å².